The maximum absolute atomic E-state index is 11.7. The molecule has 0 saturated carbocycles. The van der Waals surface area contributed by atoms with Gasteiger partial charge in [-0.15, -0.1) is 0 Å². The Kier molecular flexibility index (Phi) is 3.65. The lowest BCUT2D eigenvalue weighted by molar-refractivity contribution is -0.130. The third-order valence-electron chi connectivity index (χ3n) is 5.30. The number of phenolic OH excluding ortho intramolecular Hbond substituents is 1. The van der Waals surface area contributed by atoms with Crippen LogP contribution in [0, 0.1) is 0 Å². The summed E-state index contributed by atoms with van der Waals surface area (Å²) in [6, 6.07) is 11.4. The largest absolute Gasteiger partial charge is 0.508 e. The van der Waals surface area contributed by atoms with Crippen LogP contribution in [0.1, 0.15) is 11.7 Å². The predicted molar refractivity (Wildman–Crippen MR) is 108 cm³/mol. The molecule has 6 nitrogen and oxygen atoms in total. The van der Waals surface area contributed by atoms with Crippen LogP contribution >= 0.6 is 0 Å². The van der Waals surface area contributed by atoms with E-state index in [0.717, 1.165) is 38.8 Å². The maximum atomic E-state index is 11.7. The molecule has 0 unspecified atom stereocenters. The highest BCUT2D eigenvalue weighted by Crippen LogP contribution is 2.36. The van der Waals surface area contributed by atoms with E-state index in [-0.39, 0.29) is 17.6 Å². The van der Waals surface area contributed by atoms with Crippen LogP contribution in [-0.2, 0) is 4.79 Å². The smallest absolute Gasteiger partial charge is 0.246 e. The summed E-state index contributed by atoms with van der Waals surface area (Å²) in [4.78, 5) is 26.0. The van der Waals surface area contributed by atoms with E-state index < -0.39 is 0 Å². The molecular formula is C22H18N4O2. The van der Waals surface area contributed by atoms with Gasteiger partial charge in [0.25, 0.3) is 0 Å². The number of amides is 1. The number of rotatable bonds is 3. The lowest BCUT2D eigenvalue weighted by Gasteiger charge is -2.37. The summed E-state index contributed by atoms with van der Waals surface area (Å²) in [6.45, 7) is 4.78. The highest BCUT2D eigenvalue weighted by molar-refractivity contribution is 6.03. The van der Waals surface area contributed by atoms with Crippen molar-refractivity contribution in [3.05, 3.63) is 67.3 Å². The fourth-order valence-electron chi connectivity index (χ4n) is 3.82. The molecule has 0 spiro atoms. The molecule has 0 aliphatic carbocycles. The van der Waals surface area contributed by atoms with Crippen LogP contribution in [0.25, 0.3) is 32.9 Å². The molecule has 6 heteroatoms. The molecule has 0 atom stereocenters. The van der Waals surface area contributed by atoms with Crippen LogP contribution in [-0.4, -0.2) is 44.0 Å². The number of aromatic nitrogens is 3. The molecule has 1 fully saturated rings. The SMILES string of the molecule is C=CC(=O)N1CC(c2nc3c(-c4cc(O)cc5ccccc45)cncc3[nH]2)C1. The van der Waals surface area contributed by atoms with Gasteiger partial charge >= 0.3 is 0 Å². The molecule has 28 heavy (non-hydrogen) atoms. The van der Waals surface area contributed by atoms with Gasteiger partial charge in [-0.1, -0.05) is 30.8 Å². The molecule has 1 saturated heterocycles. The normalized spacial score (nSPS) is 14.4. The van der Waals surface area contributed by atoms with E-state index in [4.69, 9.17) is 4.98 Å². The van der Waals surface area contributed by atoms with E-state index in [2.05, 4.69) is 16.5 Å². The van der Waals surface area contributed by atoms with Crippen LogP contribution in [0.15, 0.2) is 61.4 Å². The number of imidazole rings is 1. The number of phenols is 1. The number of hydrogen-bond donors (Lipinski definition) is 2. The Balaban J connectivity index is 1.60. The van der Waals surface area contributed by atoms with Crippen LogP contribution in [0.2, 0.25) is 0 Å². The van der Waals surface area contributed by atoms with Gasteiger partial charge in [0.2, 0.25) is 5.91 Å². The molecule has 1 amide bonds. The topological polar surface area (TPSA) is 82.1 Å². The number of pyridine rings is 1. The Morgan fingerprint density at radius 3 is 2.86 bits per heavy atom. The number of nitrogens with zero attached hydrogens (tertiary/aromatic N) is 3. The molecular weight excluding hydrogens is 352 g/mol. The fourth-order valence-corrected chi connectivity index (χ4v) is 3.82. The van der Waals surface area contributed by atoms with Crippen molar-refractivity contribution in [2.75, 3.05) is 13.1 Å². The number of fused-ring (bicyclic) bond motifs is 2. The lowest BCUT2D eigenvalue weighted by Crippen LogP contribution is -2.48. The predicted octanol–water partition coefficient (Wildman–Crippen LogP) is 3.60. The Bertz CT molecular complexity index is 1240. The zero-order valence-corrected chi connectivity index (χ0v) is 15.1. The number of nitrogens with one attached hydrogen (secondary N) is 1. The van der Waals surface area contributed by atoms with E-state index in [0.29, 0.717) is 13.1 Å². The van der Waals surface area contributed by atoms with Gasteiger partial charge in [-0.3, -0.25) is 9.78 Å². The van der Waals surface area contributed by atoms with Crippen molar-refractivity contribution < 1.29 is 9.90 Å². The van der Waals surface area contributed by atoms with Gasteiger partial charge in [-0.2, -0.15) is 0 Å². The second kappa shape index (κ2) is 6.20. The summed E-state index contributed by atoms with van der Waals surface area (Å²) in [6.07, 6.45) is 4.87. The van der Waals surface area contributed by atoms with Crippen molar-refractivity contribution in [1.82, 2.24) is 19.9 Å². The third kappa shape index (κ3) is 2.53. The average molecular weight is 370 g/mol. The number of benzene rings is 2. The van der Waals surface area contributed by atoms with E-state index in [9.17, 15) is 9.90 Å². The summed E-state index contributed by atoms with van der Waals surface area (Å²) in [5, 5.41) is 12.2. The Morgan fingerprint density at radius 2 is 2.04 bits per heavy atom. The first-order chi connectivity index (χ1) is 13.6. The minimum Gasteiger partial charge on any atom is -0.508 e. The van der Waals surface area contributed by atoms with Crippen LogP contribution < -0.4 is 0 Å². The van der Waals surface area contributed by atoms with Gasteiger partial charge in [0, 0.05) is 24.8 Å². The lowest BCUT2D eigenvalue weighted by atomic mass is 9.98. The highest BCUT2D eigenvalue weighted by atomic mass is 16.3. The molecule has 138 valence electrons. The Morgan fingerprint density at radius 1 is 1.21 bits per heavy atom. The van der Waals surface area contributed by atoms with Crippen molar-refractivity contribution in [2.45, 2.75) is 5.92 Å². The van der Waals surface area contributed by atoms with Crippen molar-refractivity contribution in [3.63, 3.8) is 0 Å². The number of carbonyl (C=O) groups is 1. The number of likely N-dealkylation sites (tertiary alicyclic amines) is 1. The number of H-pyrrole nitrogens is 1. The zero-order chi connectivity index (χ0) is 19.3. The number of aromatic amines is 1. The van der Waals surface area contributed by atoms with Crippen molar-refractivity contribution in [2.24, 2.45) is 0 Å². The molecule has 2 N–H and O–H groups in total. The molecule has 2 aromatic carbocycles. The van der Waals surface area contributed by atoms with Gasteiger partial charge in [-0.05, 0) is 34.5 Å². The summed E-state index contributed by atoms with van der Waals surface area (Å²) >= 11 is 0. The number of aromatic hydroxyl groups is 1. The number of hydrogen-bond acceptors (Lipinski definition) is 4. The summed E-state index contributed by atoms with van der Waals surface area (Å²) in [7, 11) is 0. The summed E-state index contributed by atoms with van der Waals surface area (Å²) < 4.78 is 0. The quantitative estimate of drug-likeness (QED) is 0.540. The zero-order valence-electron chi connectivity index (χ0n) is 15.1. The first kappa shape index (κ1) is 16.5. The third-order valence-corrected chi connectivity index (χ3v) is 5.30. The van der Waals surface area contributed by atoms with Gasteiger partial charge in [0.1, 0.15) is 11.6 Å². The molecule has 1 aliphatic rings. The Labute approximate surface area is 161 Å². The minimum absolute atomic E-state index is 0.0547. The molecule has 1 aliphatic heterocycles. The molecule has 4 aromatic rings. The van der Waals surface area contributed by atoms with Gasteiger partial charge in [0.15, 0.2) is 0 Å². The van der Waals surface area contributed by atoms with Gasteiger partial charge in [0.05, 0.1) is 23.1 Å². The standard InChI is InChI=1S/C22H18N4O2/c1-2-20(28)26-11-14(12-26)22-24-19-10-23-9-18(21(19)25-22)17-8-15(27)7-13-5-3-4-6-16(13)17/h2-10,14,27H,1,11-12H2,(H,24,25). The first-order valence-electron chi connectivity index (χ1n) is 9.11. The molecule has 2 aromatic heterocycles. The second-order valence-electron chi connectivity index (χ2n) is 7.06. The monoisotopic (exact) mass is 370 g/mol. The van der Waals surface area contributed by atoms with Crippen LogP contribution in [0.5, 0.6) is 5.75 Å². The average Bonchev–Trinajstić information content (AvgIpc) is 3.09. The van der Waals surface area contributed by atoms with E-state index in [1.807, 2.05) is 24.3 Å². The molecule has 3 heterocycles. The molecule has 0 radical (unpaired) electrons. The number of carbonyl (C=O) groups excluding carboxylic acids is 1. The van der Waals surface area contributed by atoms with Gasteiger partial charge < -0.3 is 15.0 Å². The molecule has 0 bridgehead atoms. The van der Waals surface area contributed by atoms with Crippen LogP contribution in [0.3, 0.4) is 0 Å². The van der Waals surface area contributed by atoms with Gasteiger partial charge in [-0.25, -0.2) is 4.98 Å². The van der Waals surface area contributed by atoms with Crippen LogP contribution in [0.4, 0.5) is 0 Å². The Hall–Kier alpha value is -3.67. The second-order valence-corrected chi connectivity index (χ2v) is 7.06. The summed E-state index contributed by atoms with van der Waals surface area (Å²) in [5.41, 5.74) is 3.41. The van der Waals surface area contributed by atoms with E-state index in [1.54, 1.807) is 29.4 Å². The van der Waals surface area contributed by atoms with E-state index in [1.165, 1.54) is 6.08 Å². The minimum atomic E-state index is -0.0547. The maximum Gasteiger partial charge on any atom is 0.246 e. The van der Waals surface area contributed by atoms with Crippen molar-refractivity contribution in [3.8, 4) is 16.9 Å². The highest BCUT2D eigenvalue weighted by Gasteiger charge is 2.32. The fraction of sp³-hybridized carbons (Fsp3) is 0.136. The van der Waals surface area contributed by atoms with Crippen molar-refractivity contribution >= 4 is 27.7 Å². The summed E-state index contributed by atoms with van der Waals surface area (Å²) in [5.74, 6) is 1.17. The first-order valence-corrected chi connectivity index (χ1v) is 9.11. The van der Waals surface area contributed by atoms with Crippen molar-refractivity contribution in [1.29, 1.82) is 0 Å². The molecule has 5 rings (SSSR count). The van der Waals surface area contributed by atoms with E-state index >= 15 is 0 Å².